The van der Waals surface area contributed by atoms with Crippen molar-refractivity contribution in [2.75, 3.05) is 23.7 Å². The number of aromatic nitrogens is 4. The van der Waals surface area contributed by atoms with Crippen molar-refractivity contribution in [1.82, 2.24) is 24.8 Å². The van der Waals surface area contributed by atoms with Gasteiger partial charge in [0.25, 0.3) is 5.91 Å². The molecule has 9 nitrogen and oxygen atoms in total. The Labute approximate surface area is 258 Å². The minimum absolute atomic E-state index is 0.0230. The second-order valence-electron chi connectivity index (χ2n) is 11.5. The third-order valence-corrected chi connectivity index (χ3v) is 8.35. The first-order valence-corrected chi connectivity index (χ1v) is 14.6. The monoisotopic (exact) mass is 615 g/mol. The molecule has 1 aliphatic carbocycles. The van der Waals surface area contributed by atoms with Gasteiger partial charge in [0.15, 0.2) is 0 Å². The van der Waals surface area contributed by atoms with Crippen LogP contribution in [0.4, 0.5) is 30.5 Å². The van der Waals surface area contributed by atoms with Crippen LogP contribution in [0.1, 0.15) is 30.5 Å². The van der Waals surface area contributed by atoms with E-state index in [1.807, 2.05) is 38.1 Å². The van der Waals surface area contributed by atoms with Gasteiger partial charge in [-0.15, -0.1) is 0 Å². The number of rotatable bonds is 6. The quantitative estimate of drug-likeness (QED) is 0.241. The number of carbonyl (C=O) groups is 1. The van der Waals surface area contributed by atoms with E-state index >= 15 is 0 Å². The summed E-state index contributed by atoms with van der Waals surface area (Å²) in [5, 5.41) is 16.5. The summed E-state index contributed by atoms with van der Waals surface area (Å²) in [4.78, 5) is 32.5. The Kier molecular flexibility index (Phi) is 8.10. The summed E-state index contributed by atoms with van der Waals surface area (Å²) in [6.45, 7) is 4.00. The molecular weight excluding hydrogens is 583 g/mol. The van der Waals surface area contributed by atoms with Crippen molar-refractivity contribution in [1.29, 1.82) is 0 Å². The van der Waals surface area contributed by atoms with Crippen LogP contribution in [0.15, 0.2) is 78.8 Å². The molecule has 1 saturated heterocycles. The molecule has 12 heteroatoms. The Bertz CT molecular complexity index is 1800. The number of aliphatic hydroxyl groups is 1. The smallest absolute Gasteiger partial charge is 0.393 e. The molecule has 1 amide bonds. The SMILES string of the molecule is Cc1ccc(Nc2ncc3cc(-c4cc(NC(=O)C5=CC=CC(N6CCC(O)CC6)(C(F)(F)F)C5)ccc4C)ncc3n2)cn1. The molecule has 0 spiro atoms. The highest BCUT2D eigenvalue weighted by molar-refractivity contribution is 6.04. The normalized spacial score (nSPS) is 19.4. The number of hydrogen-bond acceptors (Lipinski definition) is 8. The van der Waals surface area contributed by atoms with Crippen LogP contribution in [0.3, 0.4) is 0 Å². The fourth-order valence-corrected chi connectivity index (χ4v) is 5.74. The zero-order chi connectivity index (χ0) is 31.8. The van der Waals surface area contributed by atoms with Crippen LogP contribution in [-0.2, 0) is 4.79 Å². The molecule has 1 atom stereocenters. The predicted molar refractivity (Wildman–Crippen MR) is 166 cm³/mol. The number of amides is 1. The van der Waals surface area contributed by atoms with Crippen LogP contribution in [0, 0.1) is 13.8 Å². The highest BCUT2D eigenvalue weighted by Crippen LogP contribution is 2.44. The van der Waals surface area contributed by atoms with E-state index in [9.17, 15) is 23.1 Å². The maximum Gasteiger partial charge on any atom is 0.410 e. The van der Waals surface area contributed by atoms with Crippen LogP contribution in [-0.4, -0.2) is 66.8 Å². The number of anilines is 3. The summed E-state index contributed by atoms with van der Waals surface area (Å²) in [6, 6.07) is 10.9. The molecular formula is C33H32F3N7O2. The first kappa shape index (κ1) is 30.4. The predicted octanol–water partition coefficient (Wildman–Crippen LogP) is 6.03. The summed E-state index contributed by atoms with van der Waals surface area (Å²) in [5.74, 6) is -0.202. The summed E-state index contributed by atoms with van der Waals surface area (Å²) in [5.41, 5.74) is 2.71. The summed E-state index contributed by atoms with van der Waals surface area (Å²) in [7, 11) is 0. The van der Waals surface area contributed by atoms with Gasteiger partial charge < -0.3 is 15.7 Å². The first-order chi connectivity index (χ1) is 21.5. The molecule has 4 aromatic rings. The molecule has 1 unspecified atom stereocenters. The molecule has 3 N–H and O–H groups in total. The third-order valence-electron chi connectivity index (χ3n) is 8.35. The van der Waals surface area contributed by atoms with Gasteiger partial charge in [-0.05, 0) is 62.6 Å². The number of likely N-dealkylation sites (tertiary alicyclic amines) is 1. The number of nitrogens with zero attached hydrogens (tertiary/aromatic N) is 5. The Morgan fingerprint density at radius 2 is 1.78 bits per heavy atom. The standard InChI is InChI=1S/C33H32F3N7O2/c1-20-5-7-24(40-30(45)22-4-3-11-32(16-22,33(34,35)36)43-12-9-26(44)10-13-43)15-27(20)28-14-23-17-39-31(42-29(23)19-38-28)41-25-8-6-21(2)37-18-25/h3-8,11,14-15,17-19,26,44H,9-10,12-13,16H2,1-2H3,(H,40,45)(H,39,41,42). The molecule has 6 rings (SSSR count). The first-order valence-electron chi connectivity index (χ1n) is 14.6. The van der Waals surface area contributed by atoms with Crippen molar-refractivity contribution in [2.24, 2.45) is 0 Å². The number of nitrogens with one attached hydrogen (secondary N) is 2. The number of aryl methyl sites for hydroxylation is 2. The van der Waals surface area contributed by atoms with Crippen LogP contribution >= 0.6 is 0 Å². The summed E-state index contributed by atoms with van der Waals surface area (Å²) < 4.78 is 43.6. The zero-order valence-electron chi connectivity index (χ0n) is 24.8. The van der Waals surface area contributed by atoms with Crippen molar-refractivity contribution in [3.05, 3.63) is 90.0 Å². The minimum Gasteiger partial charge on any atom is -0.393 e. The second-order valence-corrected chi connectivity index (χ2v) is 11.5. The number of hydrogen-bond donors (Lipinski definition) is 3. The average molecular weight is 616 g/mol. The number of halogens is 3. The number of carbonyl (C=O) groups excluding carboxylic acids is 1. The number of benzene rings is 1. The molecule has 1 aromatic carbocycles. The zero-order valence-corrected chi connectivity index (χ0v) is 24.8. The maximum atomic E-state index is 14.5. The van der Waals surface area contributed by atoms with E-state index in [2.05, 4.69) is 30.6 Å². The number of piperidine rings is 1. The van der Waals surface area contributed by atoms with E-state index in [0.29, 0.717) is 22.8 Å². The van der Waals surface area contributed by atoms with Gasteiger partial charge in [-0.1, -0.05) is 24.3 Å². The second kappa shape index (κ2) is 12.0. The van der Waals surface area contributed by atoms with Gasteiger partial charge in [-0.3, -0.25) is 19.7 Å². The molecule has 2 aliphatic rings. The fourth-order valence-electron chi connectivity index (χ4n) is 5.74. The molecule has 3 aromatic heterocycles. The molecule has 4 heterocycles. The maximum absolute atomic E-state index is 14.5. The molecule has 0 saturated carbocycles. The Balaban J connectivity index is 1.20. The van der Waals surface area contributed by atoms with Gasteiger partial charge in [-0.2, -0.15) is 13.2 Å². The lowest BCUT2D eigenvalue weighted by Crippen LogP contribution is -2.61. The van der Waals surface area contributed by atoms with Gasteiger partial charge in [0.1, 0.15) is 5.54 Å². The van der Waals surface area contributed by atoms with E-state index in [4.69, 9.17) is 0 Å². The van der Waals surface area contributed by atoms with Crippen LogP contribution in [0.25, 0.3) is 22.2 Å². The number of allylic oxidation sites excluding steroid dienone is 2. The van der Waals surface area contributed by atoms with E-state index in [1.165, 1.54) is 17.1 Å². The molecule has 1 aliphatic heterocycles. The molecule has 232 valence electrons. The van der Waals surface area contributed by atoms with Gasteiger partial charge in [-0.25, -0.2) is 9.97 Å². The fraction of sp³-hybridized carbons (Fsp3) is 0.303. The van der Waals surface area contributed by atoms with Crippen molar-refractivity contribution < 1.29 is 23.1 Å². The average Bonchev–Trinajstić information content (AvgIpc) is 3.02. The summed E-state index contributed by atoms with van der Waals surface area (Å²) >= 11 is 0. The van der Waals surface area contributed by atoms with E-state index in [0.717, 1.165) is 34.0 Å². The minimum atomic E-state index is -4.61. The molecule has 0 bridgehead atoms. The molecule has 0 radical (unpaired) electrons. The van der Waals surface area contributed by atoms with Crippen molar-refractivity contribution in [3.63, 3.8) is 0 Å². The number of alkyl halides is 3. The number of fused-ring (bicyclic) bond motifs is 1. The van der Waals surface area contributed by atoms with E-state index < -0.39 is 30.1 Å². The Morgan fingerprint density at radius 1 is 1.00 bits per heavy atom. The van der Waals surface area contributed by atoms with E-state index in [-0.39, 0.29) is 31.5 Å². The van der Waals surface area contributed by atoms with Crippen LogP contribution in [0.5, 0.6) is 0 Å². The molecule has 1 fully saturated rings. The van der Waals surface area contributed by atoms with Crippen LogP contribution < -0.4 is 10.6 Å². The highest BCUT2D eigenvalue weighted by atomic mass is 19.4. The lowest BCUT2D eigenvalue weighted by molar-refractivity contribution is -0.219. The largest absolute Gasteiger partial charge is 0.410 e. The number of aliphatic hydroxyl groups excluding tert-OH is 1. The van der Waals surface area contributed by atoms with Crippen molar-refractivity contribution in [3.8, 4) is 11.3 Å². The molecule has 45 heavy (non-hydrogen) atoms. The highest BCUT2D eigenvalue weighted by Gasteiger charge is 2.58. The van der Waals surface area contributed by atoms with Crippen molar-refractivity contribution in [2.45, 2.75) is 50.9 Å². The Hall–Kier alpha value is -4.68. The van der Waals surface area contributed by atoms with Gasteiger partial charge in [0, 0.05) is 53.6 Å². The van der Waals surface area contributed by atoms with Gasteiger partial charge >= 0.3 is 6.18 Å². The summed E-state index contributed by atoms with van der Waals surface area (Å²) in [6.07, 6.45) is 3.65. The van der Waals surface area contributed by atoms with Gasteiger partial charge in [0.2, 0.25) is 5.95 Å². The van der Waals surface area contributed by atoms with Gasteiger partial charge in [0.05, 0.1) is 35.4 Å². The van der Waals surface area contributed by atoms with E-state index in [1.54, 1.807) is 30.7 Å². The Morgan fingerprint density at radius 3 is 2.51 bits per heavy atom. The third kappa shape index (κ3) is 6.29. The lowest BCUT2D eigenvalue weighted by atomic mass is 9.82. The topological polar surface area (TPSA) is 116 Å². The lowest BCUT2D eigenvalue weighted by Gasteiger charge is -2.46. The number of pyridine rings is 2. The van der Waals surface area contributed by atoms with Crippen molar-refractivity contribution >= 4 is 34.1 Å². The van der Waals surface area contributed by atoms with Crippen LogP contribution in [0.2, 0.25) is 0 Å².